The summed E-state index contributed by atoms with van der Waals surface area (Å²) >= 11 is 0. The molecule has 3 rings (SSSR count). The lowest BCUT2D eigenvalue weighted by Crippen LogP contribution is -1.92. The van der Waals surface area contributed by atoms with Crippen molar-refractivity contribution in [3.63, 3.8) is 0 Å². The SMILES string of the molecule is COc1ccc(-c2nc(-c3nccn3C)no2)c(O)c1. The normalized spacial score (nSPS) is 10.7. The van der Waals surface area contributed by atoms with Crippen LogP contribution < -0.4 is 4.74 Å². The van der Waals surface area contributed by atoms with E-state index in [4.69, 9.17) is 9.26 Å². The van der Waals surface area contributed by atoms with Gasteiger partial charge >= 0.3 is 0 Å². The van der Waals surface area contributed by atoms with Gasteiger partial charge in [0.15, 0.2) is 5.82 Å². The van der Waals surface area contributed by atoms with Crippen LogP contribution in [0.15, 0.2) is 35.1 Å². The Balaban J connectivity index is 2.00. The van der Waals surface area contributed by atoms with Crippen molar-refractivity contribution in [1.29, 1.82) is 0 Å². The number of phenolic OH excluding ortho intramolecular Hbond substituents is 1. The number of nitrogens with zero attached hydrogens (tertiary/aromatic N) is 4. The molecule has 0 saturated carbocycles. The highest BCUT2D eigenvalue weighted by Gasteiger charge is 2.16. The average Bonchev–Trinajstić information content (AvgIpc) is 3.07. The highest BCUT2D eigenvalue weighted by Crippen LogP contribution is 2.32. The first-order valence-corrected chi connectivity index (χ1v) is 5.88. The van der Waals surface area contributed by atoms with E-state index in [1.165, 1.54) is 13.2 Å². The highest BCUT2D eigenvalue weighted by atomic mass is 16.5. The zero-order valence-corrected chi connectivity index (χ0v) is 10.9. The average molecular weight is 272 g/mol. The van der Waals surface area contributed by atoms with Crippen molar-refractivity contribution < 1.29 is 14.4 Å². The van der Waals surface area contributed by atoms with E-state index < -0.39 is 0 Å². The quantitative estimate of drug-likeness (QED) is 0.783. The Hall–Kier alpha value is -2.83. The van der Waals surface area contributed by atoms with E-state index in [1.807, 2.05) is 7.05 Å². The van der Waals surface area contributed by atoms with Gasteiger partial charge in [0.25, 0.3) is 5.89 Å². The molecule has 0 amide bonds. The predicted octanol–water partition coefficient (Wildman–Crippen LogP) is 1.85. The summed E-state index contributed by atoms with van der Waals surface area (Å²) in [5.41, 5.74) is 0.443. The van der Waals surface area contributed by atoms with Crippen molar-refractivity contribution in [2.24, 2.45) is 7.05 Å². The second kappa shape index (κ2) is 4.69. The molecule has 0 bridgehead atoms. The molecule has 1 aromatic carbocycles. The van der Waals surface area contributed by atoms with Crippen LogP contribution in [0.2, 0.25) is 0 Å². The van der Waals surface area contributed by atoms with Gasteiger partial charge in [-0.3, -0.25) is 0 Å². The van der Waals surface area contributed by atoms with Crippen molar-refractivity contribution in [2.75, 3.05) is 7.11 Å². The first-order chi connectivity index (χ1) is 9.69. The standard InChI is InChI=1S/C13H12N4O3/c1-17-6-5-14-12(17)11-15-13(20-16-11)9-4-3-8(19-2)7-10(9)18/h3-7,18H,1-2H3. The maximum atomic E-state index is 9.94. The molecular formula is C13H12N4O3. The molecule has 1 N–H and O–H groups in total. The van der Waals surface area contributed by atoms with Crippen LogP contribution in [-0.2, 0) is 7.05 Å². The van der Waals surface area contributed by atoms with Crippen LogP contribution in [0.25, 0.3) is 23.1 Å². The van der Waals surface area contributed by atoms with Crippen LogP contribution in [0.4, 0.5) is 0 Å². The maximum Gasteiger partial charge on any atom is 0.262 e. The molecule has 0 saturated heterocycles. The van der Waals surface area contributed by atoms with Gasteiger partial charge in [-0.1, -0.05) is 5.16 Å². The number of hydrogen-bond donors (Lipinski definition) is 1. The van der Waals surface area contributed by atoms with Gasteiger partial charge in [0.1, 0.15) is 11.5 Å². The Labute approximate surface area is 114 Å². The molecule has 102 valence electrons. The Bertz CT molecular complexity index is 748. The van der Waals surface area contributed by atoms with E-state index in [0.29, 0.717) is 23.0 Å². The van der Waals surface area contributed by atoms with Crippen LogP contribution in [0.5, 0.6) is 11.5 Å². The lowest BCUT2D eigenvalue weighted by atomic mass is 10.2. The van der Waals surface area contributed by atoms with Crippen molar-refractivity contribution in [3.05, 3.63) is 30.6 Å². The number of imidazole rings is 1. The van der Waals surface area contributed by atoms with Gasteiger partial charge in [-0.25, -0.2) is 4.98 Å². The summed E-state index contributed by atoms with van der Waals surface area (Å²) in [5, 5.41) is 13.8. The molecule has 0 fully saturated rings. The smallest absolute Gasteiger partial charge is 0.262 e. The largest absolute Gasteiger partial charge is 0.507 e. The van der Waals surface area contributed by atoms with Crippen LogP contribution in [0.3, 0.4) is 0 Å². The Morgan fingerprint density at radius 3 is 2.85 bits per heavy atom. The molecule has 7 heteroatoms. The first-order valence-electron chi connectivity index (χ1n) is 5.88. The number of phenols is 1. The molecule has 0 aliphatic carbocycles. The number of rotatable bonds is 3. The van der Waals surface area contributed by atoms with E-state index in [0.717, 1.165) is 0 Å². The molecule has 0 atom stereocenters. The molecule has 0 aliphatic rings. The number of aromatic hydroxyl groups is 1. The molecule has 0 aliphatic heterocycles. The number of aromatic nitrogens is 4. The minimum Gasteiger partial charge on any atom is -0.507 e. The fourth-order valence-corrected chi connectivity index (χ4v) is 1.82. The summed E-state index contributed by atoms with van der Waals surface area (Å²) in [7, 11) is 3.36. The van der Waals surface area contributed by atoms with Gasteiger partial charge in [-0.2, -0.15) is 4.98 Å². The number of ether oxygens (including phenoxy) is 1. The van der Waals surface area contributed by atoms with E-state index in [9.17, 15) is 5.11 Å². The van der Waals surface area contributed by atoms with Crippen molar-refractivity contribution in [1.82, 2.24) is 19.7 Å². The first kappa shape index (κ1) is 12.2. The van der Waals surface area contributed by atoms with E-state index >= 15 is 0 Å². The third-order valence-corrected chi connectivity index (χ3v) is 2.88. The second-order valence-corrected chi connectivity index (χ2v) is 4.17. The van der Waals surface area contributed by atoms with Crippen LogP contribution >= 0.6 is 0 Å². The second-order valence-electron chi connectivity index (χ2n) is 4.17. The van der Waals surface area contributed by atoms with Crippen molar-refractivity contribution in [2.45, 2.75) is 0 Å². The monoisotopic (exact) mass is 272 g/mol. The van der Waals surface area contributed by atoms with E-state index in [2.05, 4.69) is 15.1 Å². The van der Waals surface area contributed by atoms with Gasteiger partial charge < -0.3 is 18.9 Å². The van der Waals surface area contributed by atoms with Gasteiger partial charge in [0.2, 0.25) is 5.82 Å². The molecule has 2 aromatic heterocycles. The molecular weight excluding hydrogens is 260 g/mol. The van der Waals surface area contributed by atoms with Crippen LogP contribution in [0, 0.1) is 0 Å². The number of methoxy groups -OCH3 is 1. The zero-order valence-electron chi connectivity index (χ0n) is 10.9. The van der Waals surface area contributed by atoms with Crippen LogP contribution in [0.1, 0.15) is 0 Å². The highest BCUT2D eigenvalue weighted by molar-refractivity contribution is 5.65. The van der Waals surface area contributed by atoms with Crippen LogP contribution in [-0.4, -0.2) is 31.9 Å². The fourth-order valence-electron chi connectivity index (χ4n) is 1.82. The van der Waals surface area contributed by atoms with E-state index in [1.54, 1.807) is 29.1 Å². The molecule has 0 spiro atoms. The summed E-state index contributed by atoms with van der Waals surface area (Å²) in [6.45, 7) is 0. The maximum absolute atomic E-state index is 9.94. The van der Waals surface area contributed by atoms with Crippen molar-refractivity contribution in [3.8, 4) is 34.6 Å². The molecule has 2 heterocycles. The minimum atomic E-state index is 0.0133. The summed E-state index contributed by atoms with van der Waals surface area (Å²) < 4.78 is 12.0. The minimum absolute atomic E-state index is 0.0133. The summed E-state index contributed by atoms with van der Waals surface area (Å²) in [5.74, 6) is 1.74. The topological polar surface area (TPSA) is 86.2 Å². The predicted molar refractivity (Wildman–Crippen MR) is 70.2 cm³/mol. The molecule has 7 nitrogen and oxygen atoms in total. The molecule has 3 aromatic rings. The molecule has 0 unspecified atom stereocenters. The lowest BCUT2D eigenvalue weighted by Gasteiger charge is -2.02. The summed E-state index contributed by atoms with van der Waals surface area (Å²) in [4.78, 5) is 8.38. The Morgan fingerprint density at radius 2 is 2.20 bits per heavy atom. The third-order valence-electron chi connectivity index (χ3n) is 2.88. The lowest BCUT2D eigenvalue weighted by molar-refractivity contribution is 0.405. The van der Waals surface area contributed by atoms with E-state index in [-0.39, 0.29) is 11.6 Å². The number of hydrogen-bond acceptors (Lipinski definition) is 6. The van der Waals surface area contributed by atoms with Gasteiger partial charge in [-0.05, 0) is 12.1 Å². The Morgan fingerprint density at radius 1 is 1.35 bits per heavy atom. The zero-order chi connectivity index (χ0) is 14.1. The number of aryl methyl sites for hydroxylation is 1. The molecule has 0 radical (unpaired) electrons. The van der Waals surface area contributed by atoms with Gasteiger partial charge in [-0.15, -0.1) is 0 Å². The summed E-state index contributed by atoms with van der Waals surface area (Å²) in [6, 6.07) is 4.85. The van der Waals surface area contributed by atoms with Gasteiger partial charge in [0, 0.05) is 25.5 Å². The molecule has 20 heavy (non-hydrogen) atoms. The summed E-state index contributed by atoms with van der Waals surface area (Å²) in [6.07, 6.45) is 3.44. The van der Waals surface area contributed by atoms with Gasteiger partial charge in [0.05, 0.1) is 12.7 Å². The Kier molecular flexibility index (Phi) is 2.86. The fraction of sp³-hybridized carbons (Fsp3) is 0.154. The van der Waals surface area contributed by atoms with Crippen molar-refractivity contribution >= 4 is 0 Å². The third kappa shape index (κ3) is 1.99. The number of benzene rings is 1.